The Kier molecular flexibility index (Phi) is 5.01. The average molecular weight is 503 g/mol. The number of aromatic nitrogens is 1. The van der Waals surface area contributed by atoms with Gasteiger partial charge in [0.2, 0.25) is 0 Å². The lowest BCUT2D eigenvalue weighted by Crippen LogP contribution is -2.36. The van der Waals surface area contributed by atoms with E-state index in [4.69, 9.17) is 25.5 Å². The Bertz CT molecular complexity index is 1670. The van der Waals surface area contributed by atoms with Crippen LogP contribution in [0.15, 0.2) is 98.8 Å². The predicted octanol–water partition coefficient (Wildman–Crippen LogP) is 5.11. The second kappa shape index (κ2) is 8.24. The van der Waals surface area contributed by atoms with Crippen LogP contribution in [0.5, 0.6) is 5.75 Å². The summed E-state index contributed by atoms with van der Waals surface area (Å²) in [6, 6.07) is 19.0. The van der Waals surface area contributed by atoms with Gasteiger partial charge in [0.25, 0.3) is 17.2 Å². The van der Waals surface area contributed by atoms with Crippen molar-refractivity contribution in [3.05, 3.63) is 132 Å². The highest BCUT2D eigenvalue weighted by atomic mass is 35.5. The number of nitro groups is 1. The van der Waals surface area contributed by atoms with Crippen LogP contribution in [0, 0.1) is 10.1 Å². The van der Waals surface area contributed by atoms with Gasteiger partial charge >= 0.3 is 5.76 Å². The van der Waals surface area contributed by atoms with Crippen LogP contribution in [0.4, 0.5) is 5.69 Å². The predicted molar refractivity (Wildman–Crippen MR) is 129 cm³/mol. The van der Waals surface area contributed by atoms with E-state index in [1.165, 1.54) is 24.3 Å². The van der Waals surface area contributed by atoms with E-state index in [9.17, 15) is 19.7 Å². The third-order valence-corrected chi connectivity index (χ3v) is 6.38. The van der Waals surface area contributed by atoms with Crippen LogP contribution >= 0.6 is 11.6 Å². The smallest absolute Gasteiger partial charge is 0.426 e. The van der Waals surface area contributed by atoms with Crippen LogP contribution in [0.3, 0.4) is 0 Å². The highest BCUT2D eigenvalue weighted by molar-refractivity contribution is 6.30. The highest BCUT2D eigenvalue weighted by Gasteiger charge is 2.43. The number of fused-ring (bicyclic) bond motifs is 6. The molecule has 2 atom stereocenters. The summed E-state index contributed by atoms with van der Waals surface area (Å²) < 4.78 is 18.5. The zero-order valence-electron chi connectivity index (χ0n) is 18.3. The fourth-order valence-electron chi connectivity index (χ4n) is 4.52. The second-order valence-corrected chi connectivity index (χ2v) is 8.65. The van der Waals surface area contributed by atoms with Crippen LogP contribution in [0.1, 0.15) is 23.1 Å². The normalized spacial score (nSPS) is 17.3. The molecule has 9 nitrogen and oxygen atoms in total. The Morgan fingerprint density at radius 2 is 1.69 bits per heavy atom. The molecule has 1 aliphatic carbocycles. The van der Waals surface area contributed by atoms with E-state index in [0.29, 0.717) is 16.3 Å². The molecule has 10 heteroatoms. The van der Waals surface area contributed by atoms with Gasteiger partial charge in [0.1, 0.15) is 17.6 Å². The van der Waals surface area contributed by atoms with Crippen molar-refractivity contribution in [3.8, 4) is 22.8 Å². The Labute approximate surface area is 207 Å². The van der Waals surface area contributed by atoms with Crippen molar-refractivity contribution in [1.82, 2.24) is 4.57 Å². The van der Waals surface area contributed by atoms with Crippen LogP contribution in [0.25, 0.3) is 17.0 Å². The average Bonchev–Trinajstić information content (AvgIpc) is 3.29. The molecule has 0 saturated carbocycles. The molecule has 3 aromatic carbocycles. The minimum Gasteiger partial charge on any atom is -0.456 e. The van der Waals surface area contributed by atoms with Crippen LogP contribution in [-0.4, -0.2) is 9.49 Å². The lowest BCUT2D eigenvalue weighted by molar-refractivity contribution is -0.384. The highest BCUT2D eigenvalue weighted by Crippen LogP contribution is 2.51. The number of hydrogen-bond donors (Lipinski definition) is 0. The first-order valence-electron chi connectivity index (χ1n) is 10.9. The van der Waals surface area contributed by atoms with Gasteiger partial charge in [0.15, 0.2) is 0 Å². The first-order chi connectivity index (χ1) is 17.4. The Balaban J connectivity index is 1.50. The summed E-state index contributed by atoms with van der Waals surface area (Å²) in [5.74, 6) is -0.643. The quantitative estimate of drug-likeness (QED) is 0.281. The third kappa shape index (κ3) is 3.48. The monoisotopic (exact) mass is 502 g/mol. The number of rotatable bonds is 4. The van der Waals surface area contributed by atoms with Crippen molar-refractivity contribution in [2.24, 2.45) is 0 Å². The van der Waals surface area contributed by atoms with Crippen molar-refractivity contribution in [1.29, 1.82) is 0 Å². The van der Waals surface area contributed by atoms with Gasteiger partial charge < -0.3 is 13.9 Å². The van der Waals surface area contributed by atoms with E-state index in [2.05, 4.69) is 0 Å². The summed E-state index contributed by atoms with van der Waals surface area (Å²) in [6.07, 6.45) is 1.09. The number of nitro benzene ring substituents is 1. The summed E-state index contributed by atoms with van der Waals surface area (Å²) in [7, 11) is 0. The van der Waals surface area contributed by atoms with Gasteiger partial charge in [-0.2, -0.15) is 0 Å². The van der Waals surface area contributed by atoms with Crippen molar-refractivity contribution >= 4 is 17.3 Å². The molecule has 6 rings (SSSR count). The molecule has 0 saturated heterocycles. The Morgan fingerprint density at radius 3 is 2.42 bits per heavy atom. The summed E-state index contributed by atoms with van der Waals surface area (Å²) in [5.41, 5.74) is 0.924. The molecule has 0 spiro atoms. The molecule has 1 aromatic heterocycles. The molecular weight excluding hydrogens is 488 g/mol. The van der Waals surface area contributed by atoms with Gasteiger partial charge in [-0.25, -0.2) is 9.36 Å². The van der Waals surface area contributed by atoms with E-state index in [-0.39, 0.29) is 28.6 Å². The largest absolute Gasteiger partial charge is 0.456 e. The molecule has 0 bridgehead atoms. The second-order valence-electron chi connectivity index (χ2n) is 8.22. The summed E-state index contributed by atoms with van der Waals surface area (Å²) in [6.45, 7) is 0. The number of nitrogens with zero attached hydrogens (tertiary/aromatic N) is 2. The lowest BCUT2D eigenvalue weighted by Gasteiger charge is -2.27. The van der Waals surface area contributed by atoms with Crippen molar-refractivity contribution in [3.63, 3.8) is 0 Å². The van der Waals surface area contributed by atoms with Gasteiger partial charge in [-0.15, -0.1) is 0 Å². The molecule has 0 fully saturated rings. The maximum atomic E-state index is 13.7. The molecule has 36 heavy (non-hydrogen) atoms. The maximum Gasteiger partial charge on any atom is 0.426 e. The third-order valence-electron chi connectivity index (χ3n) is 6.13. The maximum absolute atomic E-state index is 13.7. The molecule has 2 heterocycles. The number of halogens is 1. The number of ether oxygens (including phenoxy) is 2. The zero-order valence-corrected chi connectivity index (χ0v) is 19.0. The molecule has 2 unspecified atom stereocenters. The number of benzene rings is 3. The molecule has 0 N–H and O–H groups in total. The Hall–Kier alpha value is -4.63. The van der Waals surface area contributed by atoms with Crippen LogP contribution in [0.2, 0.25) is 5.02 Å². The van der Waals surface area contributed by atoms with E-state index < -0.39 is 28.3 Å². The minimum absolute atomic E-state index is 0.151. The Morgan fingerprint density at radius 1 is 0.972 bits per heavy atom. The topological polar surface area (TPSA) is 114 Å². The number of non-ortho nitro benzene ring substituents is 1. The van der Waals surface area contributed by atoms with Crippen LogP contribution < -0.4 is 16.1 Å². The fraction of sp³-hybridized carbons (Fsp3) is 0.0769. The first-order valence-corrected chi connectivity index (χ1v) is 11.2. The van der Waals surface area contributed by atoms with E-state index >= 15 is 0 Å². The van der Waals surface area contributed by atoms with Crippen molar-refractivity contribution in [2.45, 2.75) is 12.0 Å². The molecule has 0 amide bonds. The molecule has 4 aromatic rings. The van der Waals surface area contributed by atoms with E-state index in [1.54, 1.807) is 42.5 Å². The fourth-order valence-corrected chi connectivity index (χ4v) is 4.65. The molecule has 1 aliphatic heterocycles. The lowest BCUT2D eigenvalue weighted by atomic mass is 9.81. The van der Waals surface area contributed by atoms with Gasteiger partial charge in [-0.3, -0.25) is 14.9 Å². The van der Waals surface area contributed by atoms with E-state index in [0.717, 1.165) is 10.1 Å². The van der Waals surface area contributed by atoms with Crippen molar-refractivity contribution < 1.29 is 18.8 Å². The molecule has 2 aliphatic rings. The molecule has 0 radical (unpaired) electrons. The zero-order chi connectivity index (χ0) is 25.0. The first kappa shape index (κ1) is 21.9. The van der Waals surface area contributed by atoms with Gasteiger partial charge in [0, 0.05) is 34.4 Å². The van der Waals surface area contributed by atoms with Gasteiger partial charge in [-0.05, 0) is 36.4 Å². The summed E-state index contributed by atoms with van der Waals surface area (Å²) in [5, 5.41) is 11.6. The van der Waals surface area contributed by atoms with Crippen LogP contribution in [-0.2, 0) is 4.74 Å². The molecular formula is C26H15ClN2O7. The van der Waals surface area contributed by atoms with Crippen molar-refractivity contribution in [2.75, 3.05) is 0 Å². The SMILES string of the molecule is O=c1oc2c(c(=O)n1-c1ccc([N+](=O)[O-])cc1)C1C=C(Oc3ccc(Cl)cc3)OC1c1ccccc1-2. The van der Waals surface area contributed by atoms with E-state index in [1.807, 2.05) is 12.1 Å². The number of hydrogen-bond acceptors (Lipinski definition) is 7. The molecule has 178 valence electrons. The minimum atomic E-state index is -0.901. The standard InChI is InChI=1S/C26H15ClN2O7/c27-14-5-11-17(12-6-14)34-21-13-20-22-24(19-4-2-1-3-18(19)23(20)35-21)36-26(31)28(25(22)30)15-7-9-16(10-8-15)29(32)33/h1-13,20,23H. The van der Waals surface area contributed by atoms with Gasteiger partial charge in [-0.1, -0.05) is 35.9 Å². The summed E-state index contributed by atoms with van der Waals surface area (Å²) >= 11 is 5.95. The van der Waals surface area contributed by atoms with Gasteiger partial charge in [0.05, 0.1) is 22.1 Å². The summed E-state index contributed by atoms with van der Waals surface area (Å²) in [4.78, 5) is 37.1.